The summed E-state index contributed by atoms with van der Waals surface area (Å²) >= 11 is 0. The van der Waals surface area contributed by atoms with E-state index in [1.54, 1.807) is 6.26 Å². The quantitative estimate of drug-likeness (QED) is 0.693. The summed E-state index contributed by atoms with van der Waals surface area (Å²) in [5, 5.41) is 6.14. The molecule has 1 aliphatic rings. The average molecular weight is 266 g/mol. The Morgan fingerprint density at radius 1 is 1.63 bits per heavy atom. The molecule has 2 N–H and O–H groups in total. The SMILES string of the molecule is CC(C(=O)NCCCOCc1ccco1)C1CNC1. The van der Waals surface area contributed by atoms with Crippen LogP contribution in [0, 0.1) is 11.8 Å². The maximum absolute atomic E-state index is 11.8. The Labute approximate surface area is 113 Å². The largest absolute Gasteiger partial charge is 0.467 e. The van der Waals surface area contributed by atoms with Gasteiger partial charge in [0.15, 0.2) is 0 Å². The molecule has 1 fully saturated rings. The van der Waals surface area contributed by atoms with E-state index in [1.807, 2.05) is 19.1 Å². The first kappa shape index (κ1) is 14.1. The average Bonchev–Trinajstić information content (AvgIpc) is 2.84. The summed E-state index contributed by atoms with van der Waals surface area (Å²) < 4.78 is 10.6. The van der Waals surface area contributed by atoms with Crippen LogP contribution in [0.3, 0.4) is 0 Å². The predicted molar refractivity (Wildman–Crippen MR) is 71.5 cm³/mol. The van der Waals surface area contributed by atoms with Gasteiger partial charge in [-0.3, -0.25) is 4.79 Å². The van der Waals surface area contributed by atoms with Gasteiger partial charge in [-0.25, -0.2) is 0 Å². The lowest BCUT2D eigenvalue weighted by atomic mass is 9.88. The molecule has 5 heteroatoms. The zero-order chi connectivity index (χ0) is 13.5. The molecule has 1 aromatic rings. The molecule has 0 spiro atoms. The van der Waals surface area contributed by atoms with Crippen LogP contribution in [-0.4, -0.2) is 32.1 Å². The number of hydrogen-bond donors (Lipinski definition) is 2. The fourth-order valence-corrected chi connectivity index (χ4v) is 1.99. The Morgan fingerprint density at radius 3 is 3.11 bits per heavy atom. The number of rotatable bonds is 8. The topological polar surface area (TPSA) is 63.5 Å². The molecule has 1 aromatic heterocycles. The molecule has 1 amide bonds. The van der Waals surface area contributed by atoms with Gasteiger partial charge in [0.2, 0.25) is 5.91 Å². The summed E-state index contributed by atoms with van der Waals surface area (Å²) in [5.74, 6) is 1.58. The number of carbonyl (C=O) groups is 1. The number of ether oxygens (including phenoxy) is 1. The van der Waals surface area contributed by atoms with Gasteiger partial charge in [0.1, 0.15) is 12.4 Å². The third-order valence-corrected chi connectivity index (χ3v) is 3.52. The van der Waals surface area contributed by atoms with Crippen molar-refractivity contribution in [1.29, 1.82) is 0 Å². The van der Waals surface area contributed by atoms with Crippen LogP contribution in [0.4, 0.5) is 0 Å². The van der Waals surface area contributed by atoms with Crippen molar-refractivity contribution in [2.24, 2.45) is 11.8 Å². The van der Waals surface area contributed by atoms with Crippen molar-refractivity contribution in [3.8, 4) is 0 Å². The van der Waals surface area contributed by atoms with Gasteiger partial charge in [-0.2, -0.15) is 0 Å². The minimum atomic E-state index is 0.102. The lowest BCUT2D eigenvalue weighted by molar-refractivity contribution is -0.126. The second-order valence-corrected chi connectivity index (χ2v) is 4.98. The molecule has 1 saturated heterocycles. The van der Waals surface area contributed by atoms with Crippen LogP contribution in [0.1, 0.15) is 19.1 Å². The summed E-state index contributed by atoms with van der Waals surface area (Å²) in [6.07, 6.45) is 2.46. The van der Waals surface area contributed by atoms with Crippen LogP contribution >= 0.6 is 0 Å². The Balaban J connectivity index is 1.48. The van der Waals surface area contributed by atoms with Gasteiger partial charge in [0.25, 0.3) is 0 Å². The van der Waals surface area contributed by atoms with Gasteiger partial charge in [-0.1, -0.05) is 6.92 Å². The molecule has 1 atom stereocenters. The third-order valence-electron chi connectivity index (χ3n) is 3.52. The number of furan rings is 1. The van der Waals surface area contributed by atoms with Crippen LogP contribution in [0.25, 0.3) is 0 Å². The molecular weight excluding hydrogens is 244 g/mol. The highest BCUT2D eigenvalue weighted by Crippen LogP contribution is 2.15. The van der Waals surface area contributed by atoms with Crippen molar-refractivity contribution in [1.82, 2.24) is 10.6 Å². The van der Waals surface area contributed by atoms with E-state index in [2.05, 4.69) is 10.6 Å². The molecule has 106 valence electrons. The minimum Gasteiger partial charge on any atom is -0.467 e. The summed E-state index contributed by atoms with van der Waals surface area (Å²) in [6, 6.07) is 3.73. The minimum absolute atomic E-state index is 0.102. The maximum atomic E-state index is 11.8. The van der Waals surface area contributed by atoms with Crippen molar-refractivity contribution >= 4 is 5.91 Å². The Hall–Kier alpha value is -1.33. The van der Waals surface area contributed by atoms with Gasteiger partial charge in [-0.15, -0.1) is 0 Å². The van der Waals surface area contributed by atoms with E-state index in [0.717, 1.165) is 25.3 Å². The number of amides is 1. The van der Waals surface area contributed by atoms with Crippen LogP contribution in [0.15, 0.2) is 22.8 Å². The highest BCUT2D eigenvalue weighted by molar-refractivity contribution is 5.78. The van der Waals surface area contributed by atoms with Crippen molar-refractivity contribution in [3.63, 3.8) is 0 Å². The summed E-state index contributed by atoms with van der Waals surface area (Å²) in [4.78, 5) is 11.8. The molecule has 1 aliphatic heterocycles. The molecule has 2 heterocycles. The van der Waals surface area contributed by atoms with E-state index in [9.17, 15) is 4.79 Å². The molecule has 0 aliphatic carbocycles. The van der Waals surface area contributed by atoms with Gasteiger partial charge in [0, 0.05) is 19.1 Å². The first-order valence-corrected chi connectivity index (χ1v) is 6.86. The second kappa shape index (κ2) is 7.31. The van der Waals surface area contributed by atoms with E-state index in [1.165, 1.54) is 0 Å². The summed E-state index contributed by atoms with van der Waals surface area (Å²) in [5.41, 5.74) is 0. The van der Waals surface area contributed by atoms with Crippen molar-refractivity contribution < 1.29 is 13.9 Å². The smallest absolute Gasteiger partial charge is 0.223 e. The Bertz CT molecular complexity index is 374. The molecule has 0 aromatic carbocycles. The van der Waals surface area contributed by atoms with Crippen LogP contribution in [0.5, 0.6) is 0 Å². The first-order chi connectivity index (χ1) is 9.27. The summed E-state index contributed by atoms with van der Waals surface area (Å²) in [7, 11) is 0. The highest BCUT2D eigenvalue weighted by Gasteiger charge is 2.28. The van der Waals surface area contributed by atoms with E-state index in [0.29, 0.717) is 25.7 Å². The third kappa shape index (κ3) is 4.36. The van der Waals surface area contributed by atoms with Gasteiger partial charge in [-0.05, 0) is 37.6 Å². The fraction of sp³-hybridized carbons (Fsp3) is 0.643. The maximum Gasteiger partial charge on any atom is 0.223 e. The molecule has 2 rings (SSSR count). The molecule has 0 bridgehead atoms. The van der Waals surface area contributed by atoms with Crippen molar-refractivity contribution in [3.05, 3.63) is 24.2 Å². The zero-order valence-electron chi connectivity index (χ0n) is 11.4. The first-order valence-electron chi connectivity index (χ1n) is 6.86. The predicted octanol–water partition coefficient (Wildman–Crippen LogP) is 1.16. The molecule has 1 unspecified atom stereocenters. The van der Waals surface area contributed by atoms with E-state index < -0.39 is 0 Å². The standard InChI is InChI=1S/C14H22N2O3/c1-11(12-8-15-9-12)14(17)16-5-3-6-18-10-13-4-2-7-19-13/h2,4,7,11-12,15H,3,5-6,8-10H2,1H3,(H,16,17). The second-order valence-electron chi connectivity index (χ2n) is 4.98. The highest BCUT2D eigenvalue weighted by atomic mass is 16.5. The van der Waals surface area contributed by atoms with Gasteiger partial charge >= 0.3 is 0 Å². The lowest BCUT2D eigenvalue weighted by Crippen LogP contribution is -2.49. The van der Waals surface area contributed by atoms with E-state index in [-0.39, 0.29) is 11.8 Å². The number of hydrogen-bond acceptors (Lipinski definition) is 4. The van der Waals surface area contributed by atoms with Crippen LogP contribution < -0.4 is 10.6 Å². The molecule has 5 nitrogen and oxygen atoms in total. The lowest BCUT2D eigenvalue weighted by Gasteiger charge is -2.31. The van der Waals surface area contributed by atoms with E-state index in [4.69, 9.17) is 9.15 Å². The van der Waals surface area contributed by atoms with Crippen molar-refractivity contribution in [2.75, 3.05) is 26.2 Å². The Kier molecular flexibility index (Phi) is 5.42. The van der Waals surface area contributed by atoms with Gasteiger partial charge in [0.05, 0.1) is 6.26 Å². The number of carbonyl (C=O) groups excluding carboxylic acids is 1. The number of nitrogens with one attached hydrogen (secondary N) is 2. The fourth-order valence-electron chi connectivity index (χ4n) is 1.99. The summed E-state index contributed by atoms with van der Waals surface area (Å²) in [6.45, 7) is 5.70. The monoisotopic (exact) mass is 266 g/mol. The van der Waals surface area contributed by atoms with Gasteiger partial charge < -0.3 is 19.8 Å². The molecule has 0 saturated carbocycles. The molecule has 0 radical (unpaired) electrons. The molecule has 19 heavy (non-hydrogen) atoms. The Morgan fingerprint density at radius 2 is 2.47 bits per heavy atom. The molecular formula is C14H22N2O3. The van der Waals surface area contributed by atoms with E-state index >= 15 is 0 Å². The normalized spacial score (nSPS) is 16.9. The zero-order valence-corrected chi connectivity index (χ0v) is 11.4. The van der Waals surface area contributed by atoms with Crippen LogP contribution in [0.2, 0.25) is 0 Å². The van der Waals surface area contributed by atoms with Crippen LogP contribution in [-0.2, 0) is 16.1 Å². The van der Waals surface area contributed by atoms with Crippen molar-refractivity contribution in [2.45, 2.75) is 20.0 Å².